The fourth-order valence-electron chi connectivity index (χ4n) is 3.38. The molecule has 1 amide bonds. The molecule has 0 aliphatic carbocycles. The Balaban J connectivity index is 1.76. The van der Waals surface area contributed by atoms with Gasteiger partial charge in [0.1, 0.15) is 17.7 Å². The summed E-state index contributed by atoms with van der Waals surface area (Å²) in [4.78, 5) is 24.8. The van der Waals surface area contributed by atoms with Crippen LogP contribution in [-0.2, 0) is 19.0 Å². The van der Waals surface area contributed by atoms with Crippen molar-refractivity contribution in [3.8, 4) is 0 Å². The summed E-state index contributed by atoms with van der Waals surface area (Å²) >= 11 is 5.93. The number of anilines is 1. The van der Waals surface area contributed by atoms with Crippen LogP contribution in [0.3, 0.4) is 0 Å². The first kappa shape index (κ1) is 17.4. The van der Waals surface area contributed by atoms with E-state index in [0.29, 0.717) is 17.7 Å². The van der Waals surface area contributed by atoms with Crippen molar-refractivity contribution in [3.63, 3.8) is 0 Å². The molecule has 4 heterocycles. The molecule has 2 aliphatic rings. The number of carbonyl (C=O) groups is 1. The van der Waals surface area contributed by atoms with Gasteiger partial charge < -0.3 is 25.3 Å². The number of rotatable bonds is 3. The first-order valence-electron chi connectivity index (χ1n) is 8.25. The summed E-state index contributed by atoms with van der Waals surface area (Å²) in [5.74, 6) is -0.940. The van der Waals surface area contributed by atoms with Gasteiger partial charge >= 0.3 is 0 Å². The molecule has 0 unspecified atom stereocenters. The molecule has 0 bridgehead atoms. The average molecular weight is 383 g/mol. The second-order valence-corrected chi connectivity index (χ2v) is 6.95. The topological polar surface area (TPSA) is 126 Å². The number of nitrogens with one attached hydrogen (secondary N) is 1. The van der Waals surface area contributed by atoms with Crippen LogP contribution < -0.4 is 11.1 Å². The molecule has 4 atom stereocenters. The number of aromatic nitrogens is 4. The monoisotopic (exact) mass is 382 g/mol. The van der Waals surface area contributed by atoms with E-state index in [2.05, 4.69) is 20.3 Å². The Morgan fingerprint density at radius 3 is 2.85 bits per heavy atom. The highest BCUT2D eigenvalue weighted by atomic mass is 35.5. The Morgan fingerprint density at radius 2 is 2.12 bits per heavy atom. The van der Waals surface area contributed by atoms with Crippen LogP contribution >= 0.6 is 11.6 Å². The molecule has 0 aromatic carbocycles. The maximum atomic E-state index is 12.4. The molecule has 0 radical (unpaired) electrons. The van der Waals surface area contributed by atoms with Crippen LogP contribution in [-0.4, -0.2) is 56.1 Å². The standard InChI is InChI=1S/C15H19ClN6O4/c1-4-18-12(23)8-7-9(26-15(2,3)25-7)13(24-8)22-5-19-6-10(17)20-14(16)21-11(6)22/h5,7-9,13H,4H2,1-3H3,(H,18,23)(H2,17,20,21)/t7-,8-,9-,13+/m0/s1. The summed E-state index contributed by atoms with van der Waals surface area (Å²) in [7, 11) is 0. The highest BCUT2D eigenvalue weighted by Gasteiger charge is 2.58. The zero-order chi connectivity index (χ0) is 18.6. The van der Waals surface area contributed by atoms with Crippen LogP contribution in [0.2, 0.25) is 5.28 Å². The number of hydrogen-bond donors (Lipinski definition) is 2. The molecule has 11 heteroatoms. The van der Waals surface area contributed by atoms with Gasteiger partial charge in [-0.25, -0.2) is 4.98 Å². The summed E-state index contributed by atoms with van der Waals surface area (Å²) in [5, 5.41) is 2.75. The van der Waals surface area contributed by atoms with Crippen molar-refractivity contribution < 1.29 is 19.0 Å². The van der Waals surface area contributed by atoms with Crippen molar-refractivity contribution in [2.24, 2.45) is 0 Å². The van der Waals surface area contributed by atoms with Crippen LogP contribution in [0.15, 0.2) is 6.33 Å². The van der Waals surface area contributed by atoms with Crippen LogP contribution in [0.4, 0.5) is 5.82 Å². The first-order valence-corrected chi connectivity index (χ1v) is 8.63. The normalized spacial score (nSPS) is 29.8. The molecule has 2 fully saturated rings. The summed E-state index contributed by atoms with van der Waals surface area (Å²) < 4.78 is 19.5. The highest BCUT2D eigenvalue weighted by molar-refractivity contribution is 6.28. The Bertz CT molecular complexity index is 871. The fourth-order valence-corrected chi connectivity index (χ4v) is 3.55. The van der Waals surface area contributed by atoms with Crippen LogP contribution in [0.5, 0.6) is 0 Å². The number of nitrogens with zero attached hydrogens (tertiary/aromatic N) is 4. The quantitative estimate of drug-likeness (QED) is 0.739. The van der Waals surface area contributed by atoms with Crippen molar-refractivity contribution in [3.05, 3.63) is 11.6 Å². The van der Waals surface area contributed by atoms with Crippen molar-refractivity contribution in [1.82, 2.24) is 24.8 Å². The molecule has 3 N–H and O–H groups in total. The molecular formula is C15H19ClN6O4. The smallest absolute Gasteiger partial charge is 0.252 e. The summed E-state index contributed by atoms with van der Waals surface area (Å²) in [6.45, 7) is 5.90. The zero-order valence-corrected chi connectivity index (χ0v) is 15.2. The summed E-state index contributed by atoms with van der Waals surface area (Å²) in [5.41, 5.74) is 6.66. The minimum Gasteiger partial charge on any atom is -0.382 e. The van der Waals surface area contributed by atoms with Gasteiger partial charge in [-0.2, -0.15) is 9.97 Å². The predicted molar refractivity (Wildman–Crippen MR) is 91.2 cm³/mol. The van der Waals surface area contributed by atoms with Gasteiger partial charge in [-0.15, -0.1) is 0 Å². The molecule has 2 saturated heterocycles. The Morgan fingerprint density at radius 1 is 1.38 bits per heavy atom. The van der Waals surface area contributed by atoms with Gasteiger partial charge in [0.25, 0.3) is 5.91 Å². The van der Waals surface area contributed by atoms with E-state index in [1.807, 2.05) is 6.92 Å². The van der Waals surface area contributed by atoms with Gasteiger partial charge in [-0.3, -0.25) is 9.36 Å². The number of amides is 1. The number of fused-ring (bicyclic) bond motifs is 2. The van der Waals surface area contributed by atoms with Gasteiger partial charge in [0, 0.05) is 6.54 Å². The SMILES string of the molecule is CCNC(=O)[C@H]1O[C@@H](n2cnc3c(N)nc(Cl)nc32)[C@H]2OC(C)(C)O[C@H]21. The van der Waals surface area contributed by atoms with Gasteiger partial charge in [-0.1, -0.05) is 0 Å². The fraction of sp³-hybridized carbons (Fsp3) is 0.600. The molecule has 2 aromatic rings. The largest absolute Gasteiger partial charge is 0.382 e. The number of carbonyl (C=O) groups excluding carboxylic acids is 1. The number of ether oxygens (including phenoxy) is 3. The van der Waals surface area contributed by atoms with E-state index in [9.17, 15) is 4.79 Å². The lowest BCUT2D eigenvalue weighted by atomic mass is 10.1. The second-order valence-electron chi connectivity index (χ2n) is 6.61. The third kappa shape index (κ3) is 2.69. The van der Waals surface area contributed by atoms with E-state index < -0.39 is 30.3 Å². The van der Waals surface area contributed by atoms with E-state index >= 15 is 0 Å². The van der Waals surface area contributed by atoms with Crippen molar-refractivity contribution in [2.45, 2.75) is 51.1 Å². The van der Waals surface area contributed by atoms with E-state index in [1.165, 1.54) is 6.33 Å². The number of halogens is 1. The first-order chi connectivity index (χ1) is 12.3. The Hall–Kier alpha value is -2.01. The van der Waals surface area contributed by atoms with Crippen LogP contribution in [0.25, 0.3) is 11.2 Å². The molecule has 2 aliphatic heterocycles. The summed E-state index contributed by atoms with van der Waals surface area (Å²) in [6.07, 6.45) is -1.06. The molecule has 0 spiro atoms. The lowest BCUT2D eigenvalue weighted by Crippen LogP contribution is -2.42. The molecule has 26 heavy (non-hydrogen) atoms. The van der Waals surface area contributed by atoms with Crippen molar-refractivity contribution in [2.75, 3.05) is 12.3 Å². The van der Waals surface area contributed by atoms with Crippen LogP contribution in [0, 0.1) is 0 Å². The average Bonchev–Trinajstić information content (AvgIpc) is 3.18. The number of nitrogens with two attached hydrogens (primary N) is 1. The van der Waals surface area contributed by atoms with Crippen LogP contribution in [0.1, 0.15) is 27.0 Å². The third-order valence-electron chi connectivity index (χ3n) is 4.33. The minimum atomic E-state index is -0.843. The lowest BCUT2D eigenvalue weighted by molar-refractivity contribution is -0.197. The number of likely N-dealkylation sites (N-methyl/N-ethyl adjacent to an activating group) is 1. The number of imidazole rings is 1. The predicted octanol–water partition coefficient (Wildman–Crippen LogP) is 0.615. The minimum absolute atomic E-state index is 0.00417. The van der Waals surface area contributed by atoms with Gasteiger partial charge in [0.05, 0.1) is 6.33 Å². The Kier molecular flexibility index (Phi) is 4.03. The van der Waals surface area contributed by atoms with E-state index in [4.69, 9.17) is 31.5 Å². The molecule has 10 nitrogen and oxygen atoms in total. The van der Waals surface area contributed by atoms with E-state index in [-0.39, 0.29) is 17.0 Å². The molecule has 2 aromatic heterocycles. The van der Waals surface area contributed by atoms with Gasteiger partial charge in [-0.05, 0) is 32.4 Å². The lowest BCUT2D eigenvalue weighted by Gasteiger charge is -2.24. The van der Waals surface area contributed by atoms with Crippen molar-refractivity contribution >= 4 is 34.5 Å². The number of hydrogen-bond acceptors (Lipinski definition) is 8. The van der Waals surface area contributed by atoms with E-state index in [1.54, 1.807) is 18.4 Å². The van der Waals surface area contributed by atoms with Gasteiger partial charge in [0.15, 0.2) is 29.6 Å². The molecule has 0 saturated carbocycles. The maximum Gasteiger partial charge on any atom is 0.252 e. The maximum absolute atomic E-state index is 12.4. The summed E-state index contributed by atoms with van der Waals surface area (Å²) in [6, 6.07) is 0. The highest BCUT2D eigenvalue weighted by Crippen LogP contribution is 2.43. The van der Waals surface area contributed by atoms with Gasteiger partial charge in [0.2, 0.25) is 5.28 Å². The second kappa shape index (κ2) is 6.02. The molecule has 4 rings (SSSR count). The zero-order valence-electron chi connectivity index (χ0n) is 14.5. The van der Waals surface area contributed by atoms with E-state index in [0.717, 1.165) is 0 Å². The molecule has 140 valence electrons. The molecular weight excluding hydrogens is 364 g/mol. The Labute approximate surface area is 154 Å². The van der Waals surface area contributed by atoms with Crippen molar-refractivity contribution in [1.29, 1.82) is 0 Å². The third-order valence-corrected chi connectivity index (χ3v) is 4.50. The number of nitrogen functional groups attached to an aromatic ring is 1.